The van der Waals surface area contributed by atoms with Gasteiger partial charge in [0.25, 0.3) is 0 Å². The Kier molecular flexibility index (Phi) is 9.78. The van der Waals surface area contributed by atoms with Crippen molar-refractivity contribution in [1.82, 2.24) is 9.13 Å². The number of nitrogens with zero attached hydrogens (tertiary/aromatic N) is 4. The van der Waals surface area contributed by atoms with Crippen LogP contribution in [0.1, 0.15) is 22.3 Å². The molecule has 14 aromatic rings. The highest BCUT2D eigenvalue weighted by atomic mass is 16.5. The van der Waals surface area contributed by atoms with Gasteiger partial charge in [0.05, 0.1) is 27.5 Å². The lowest BCUT2D eigenvalue weighted by Crippen LogP contribution is -2.32. The van der Waals surface area contributed by atoms with E-state index in [1.165, 1.54) is 54.8 Å². The summed E-state index contributed by atoms with van der Waals surface area (Å²) in [7, 11) is 0. The van der Waals surface area contributed by atoms with Crippen LogP contribution in [-0.2, 0) is 5.41 Å². The van der Waals surface area contributed by atoms with Crippen LogP contribution in [0.25, 0.3) is 66.1 Å². The molecule has 16 rings (SSSR count). The highest BCUT2D eigenvalue weighted by Crippen LogP contribution is 2.63. The summed E-state index contributed by atoms with van der Waals surface area (Å²) in [5.74, 6) is 1.70. The molecule has 0 atom stereocenters. The van der Waals surface area contributed by atoms with Crippen molar-refractivity contribution in [2.24, 2.45) is 0 Å². The number of aromatic nitrogens is 2. The second kappa shape index (κ2) is 17.4. The molecule has 78 heavy (non-hydrogen) atoms. The van der Waals surface area contributed by atoms with Crippen molar-refractivity contribution in [2.45, 2.75) is 5.41 Å². The summed E-state index contributed by atoms with van der Waals surface area (Å²) in [6, 6.07) is 106. The highest BCUT2D eigenvalue weighted by molar-refractivity contribution is 6.12. The lowest BCUT2D eigenvalue weighted by atomic mass is 9.66. The second-order valence-electron chi connectivity index (χ2n) is 20.4. The van der Waals surface area contributed by atoms with Gasteiger partial charge in [0.15, 0.2) is 0 Å². The average Bonchev–Trinajstić information content (AvgIpc) is 3.42. The van der Waals surface area contributed by atoms with E-state index in [4.69, 9.17) is 4.74 Å². The van der Waals surface area contributed by atoms with E-state index in [9.17, 15) is 0 Å². The summed E-state index contributed by atoms with van der Waals surface area (Å²) in [6.07, 6.45) is 0. The first kappa shape index (κ1) is 44.0. The molecule has 0 amide bonds. The third-order valence-electron chi connectivity index (χ3n) is 16.3. The molecule has 1 aliphatic heterocycles. The first-order valence-electron chi connectivity index (χ1n) is 26.7. The number of hydrogen-bond donors (Lipinski definition) is 0. The zero-order valence-electron chi connectivity index (χ0n) is 42.4. The van der Waals surface area contributed by atoms with E-state index < -0.39 is 5.41 Å². The Bertz CT molecular complexity index is 4360. The fourth-order valence-electron chi connectivity index (χ4n) is 13.1. The van der Waals surface area contributed by atoms with Gasteiger partial charge in [-0.15, -0.1) is 0 Å². The van der Waals surface area contributed by atoms with Gasteiger partial charge in [-0.3, -0.25) is 0 Å². The zero-order chi connectivity index (χ0) is 51.3. The van der Waals surface area contributed by atoms with Gasteiger partial charge in [-0.1, -0.05) is 170 Å². The molecule has 12 aromatic carbocycles. The Balaban J connectivity index is 0.931. The predicted molar refractivity (Wildman–Crippen MR) is 322 cm³/mol. The molecular weight excluding hydrogens is 949 g/mol. The largest absolute Gasteiger partial charge is 0.457 e. The van der Waals surface area contributed by atoms with Gasteiger partial charge >= 0.3 is 0 Å². The van der Waals surface area contributed by atoms with E-state index in [-0.39, 0.29) is 0 Å². The zero-order valence-corrected chi connectivity index (χ0v) is 42.4. The monoisotopic (exact) mass is 996 g/mol. The van der Waals surface area contributed by atoms with Crippen molar-refractivity contribution >= 4 is 77.7 Å². The molecule has 0 saturated carbocycles. The molecule has 2 aromatic heterocycles. The summed E-state index contributed by atoms with van der Waals surface area (Å²) >= 11 is 0. The molecule has 0 N–H and O–H groups in total. The lowest BCUT2D eigenvalue weighted by Gasteiger charge is -2.40. The number of para-hydroxylation sites is 8. The molecule has 366 valence electrons. The maximum Gasteiger partial charge on any atom is 0.132 e. The van der Waals surface area contributed by atoms with Crippen molar-refractivity contribution in [3.8, 4) is 34.0 Å². The molecule has 5 nitrogen and oxygen atoms in total. The quantitative estimate of drug-likeness (QED) is 0.152. The fraction of sp³-hybridized carbons (Fsp3) is 0.0137. The van der Waals surface area contributed by atoms with Crippen molar-refractivity contribution in [3.05, 3.63) is 313 Å². The predicted octanol–water partition coefficient (Wildman–Crippen LogP) is 19.3. The molecule has 1 aliphatic carbocycles. The Morgan fingerprint density at radius 3 is 1.05 bits per heavy atom. The minimum Gasteiger partial charge on any atom is -0.457 e. The van der Waals surface area contributed by atoms with Gasteiger partial charge in [-0.05, 0) is 144 Å². The Labute approximate surface area is 451 Å². The van der Waals surface area contributed by atoms with Crippen molar-refractivity contribution in [3.63, 3.8) is 0 Å². The molecule has 0 bridgehead atoms. The van der Waals surface area contributed by atoms with Crippen LogP contribution in [0.4, 0.5) is 34.1 Å². The smallest absolute Gasteiger partial charge is 0.132 e. The molecule has 2 aliphatic rings. The number of rotatable bonds is 8. The normalized spacial score (nSPS) is 12.8. The molecule has 0 fully saturated rings. The van der Waals surface area contributed by atoms with Crippen LogP contribution in [0.3, 0.4) is 0 Å². The molecule has 0 saturated heterocycles. The van der Waals surface area contributed by atoms with Crippen LogP contribution in [0.2, 0.25) is 0 Å². The van der Waals surface area contributed by atoms with E-state index in [0.29, 0.717) is 0 Å². The Hall–Kier alpha value is -10.4. The van der Waals surface area contributed by atoms with Crippen molar-refractivity contribution in [2.75, 3.05) is 9.80 Å². The van der Waals surface area contributed by atoms with Gasteiger partial charge < -0.3 is 23.7 Å². The van der Waals surface area contributed by atoms with Gasteiger partial charge in [-0.2, -0.15) is 0 Å². The van der Waals surface area contributed by atoms with Crippen LogP contribution in [0, 0.1) is 0 Å². The van der Waals surface area contributed by atoms with Crippen molar-refractivity contribution < 1.29 is 4.74 Å². The van der Waals surface area contributed by atoms with Crippen LogP contribution in [0.15, 0.2) is 291 Å². The van der Waals surface area contributed by atoms with Crippen LogP contribution >= 0.6 is 0 Å². The Morgan fingerprint density at radius 2 is 0.603 bits per heavy atom. The minimum atomic E-state index is -0.764. The molecule has 0 radical (unpaired) electrons. The third-order valence-corrected chi connectivity index (χ3v) is 16.3. The summed E-state index contributed by atoms with van der Waals surface area (Å²) in [4.78, 5) is 4.85. The molecule has 1 spiro atoms. The van der Waals surface area contributed by atoms with E-state index in [2.05, 4.69) is 310 Å². The Morgan fingerprint density at radius 1 is 0.256 bits per heavy atom. The SMILES string of the molecule is c1ccc(N(c2ccc3c(c2)C2(c4ccccc4Oc4ccccc42)c2cc(N(c4ccccc4)c4ccc5c6ccccc6n(-c6ccccc6)c5c4)ccc2-3)c2ccc3c4ccccc4n(-c4ccccc4)c3c2)cc1. The van der Waals surface area contributed by atoms with Gasteiger partial charge in [0.2, 0.25) is 0 Å². The highest BCUT2D eigenvalue weighted by Gasteiger charge is 2.51. The molecule has 0 unspecified atom stereocenters. The molecule has 3 heterocycles. The van der Waals surface area contributed by atoms with Crippen LogP contribution < -0.4 is 14.5 Å². The number of anilines is 6. The van der Waals surface area contributed by atoms with Gasteiger partial charge in [-0.25, -0.2) is 0 Å². The fourth-order valence-corrected chi connectivity index (χ4v) is 13.1. The summed E-state index contributed by atoms with van der Waals surface area (Å²) in [6.45, 7) is 0. The summed E-state index contributed by atoms with van der Waals surface area (Å²) < 4.78 is 11.7. The maximum atomic E-state index is 6.93. The standard InChI is InChI=1S/C73H48N4O/c1-5-21-49(22-6-1)74(55-39-43-61-59-29-13-17-33-67(59)76(69(61)47-55)51-25-9-3-10-26-51)53-37-41-57-58-42-38-54(46-66(58)73(65(57)45-53)63-31-15-19-35-71(63)78-72-36-20-16-32-64(72)73)75(50-23-7-2-8-24-50)56-40-44-62-60-30-14-18-34-68(60)77(70(62)48-56)52-27-11-4-12-28-52/h1-48H. The number of hydrogen-bond acceptors (Lipinski definition) is 3. The molecule has 5 heteroatoms. The number of fused-ring (bicyclic) bond motifs is 15. The van der Waals surface area contributed by atoms with Crippen LogP contribution in [0.5, 0.6) is 11.5 Å². The maximum absolute atomic E-state index is 6.93. The van der Waals surface area contributed by atoms with Crippen molar-refractivity contribution in [1.29, 1.82) is 0 Å². The third kappa shape index (κ3) is 6.49. The topological polar surface area (TPSA) is 25.6 Å². The van der Waals surface area contributed by atoms with E-state index in [1.807, 2.05) is 0 Å². The number of benzene rings is 12. The first-order valence-corrected chi connectivity index (χ1v) is 26.7. The second-order valence-corrected chi connectivity index (χ2v) is 20.4. The van der Waals surface area contributed by atoms with Crippen LogP contribution in [-0.4, -0.2) is 9.13 Å². The van der Waals surface area contributed by atoms with E-state index >= 15 is 0 Å². The summed E-state index contributed by atoms with van der Waals surface area (Å²) in [5, 5.41) is 4.88. The molecular formula is C73H48N4O. The lowest BCUT2D eigenvalue weighted by molar-refractivity contribution is 0.436. The number of ether oxygens (including phenoxy) is 1. The van der Waals surface area contributed by atoms with Gasteiger partial charge in [0, 0.05) is 78.2 Å². The minimum absolute atomic E-state index is 0.764. The summed E-state index contributed by atoms with van der Waals surface area (Å²) in [5.41, 5.74) is 19.5. The van der Waals surface area contributed by atoms with E-state index in [1.54, 1.807) is 0 Å². The average molecular weight is 997 g/mol. The van der Waals surface area contributed by atoms with E-state index in [0.717, 1.165) is 79.2 Å². The van der Waals surface area contributed by atoms with Gasteiger partial charge in [0.1, 0.15) is 11.5 Å². The first-order chi connectivity index (χ1) is 38.7.